The van der Waals surface area contributed by atoms with Crippen molar-refractivity contribution in [3.8, 4) is 33.4 Å². The highest BCUT2D eigenvalue weighted by atomic mass is 14.3. The minimum Gasteiger partial charge on any atom is -0.0616 e. The van der Waals surface area contributed by atoms with E-state index in [0.29, 0.717) is 0 Å². The first-order valence-corrected chi connectivity index (χ1v) is 8.73. The molecule has 0 N–H and O–H groups in total. The predicted molar refractivity (Wildman–Crippen MR) is 104 cm³/mol. The number of fused-ring (bicyclic) bond motifs is 4. The van der Waals surface area contributed by atoms with Crippen LogP contribution >= 0.6 is 0 Å². The van der Waals surface area contributed by atoms with Crippen molar-refractivity contribution < 1.29 is 0 Å². The summed E-state index contributed by atoms with van der Waals surface area (Å²) in [5, 5.41) is 0. The lowest BCUT2D eigenvalue weighted by atomic mass is 9.75. The zero-order chi connectivity index (χ0) is 17.1. The standard InChI is InChI=1S/C24H24/c1-15-14-22(24(3,4)5)16(2)13-21(15)20-12-8-11-19-17-9-6-7-10-18(17)23(19)20/h6-14H,1-5H3. The number of aryl methyl sites for hydroxylation is 2. The van der Waals surface area contributed by atoms with Crippen molar-refractivity contribution in [1.82, 2.24) is 0 Å². The largest absolute Gasteiger partial charge is 0.0616 e. The molecule has 0 atom stereocenters. The lowest BCUT2D eigenvalue weighted by Gasteiger charge is -2.28. The van der Waals surface area contributed by atoms with Crippen molar-refractivity contribution >= 4 is 0 Å². The van der Waals surface area contributed by atoms with Gasteiger partial charge < -0.3 is 0 Å². The maximum absolute atomic E-state index is 2.38. The zero-order valence-electron chi connectivity index (χ0n) is 15.2. The summed E-state index contributed by atoms with van der Waals surface area (Å²) in [5.41, 5.74) is 12.7. The second kappa shape index (κ2) is 5.08. The summed E-state index contributed by atoms with van der Waals surface area (Å²) < 4.78 is 0. The topological polar surface area (TPSA) is 0 Å². The molecule has 3 aromatic carbocycles. The Morgan fingerprint density at radius 1 is 0.583 bits per heavy atom. The summed E-state index contributed by atoms with van der Waals surface area (Å²) in [6, 6.07) is 20.2. The number of hydrogen-bond donors (Lipinski definition) is 0. The first kappa shape index (κ1) is 15.2. The highest BCUT2D eigenvalue weighted by molar-refractivity contribution is 6.08. The SMILES string of the molecule is Cc1cc(C(C)(C)C)c(C)cc1-c1cccc2c1-c1ccccc1-2. The molecule has 0 aromatic heterocycles. The Kier molecular flexibility index (Phi) is 3.22. The molecule has 0 nitrogen and oxygen atoms in total. The van der Waals surface area contributed by atoms with Crippen LogP contribution in [0.15, 0.2) is 54.6 Å². The molecule has 1 aliphatic carbocycles. The van der Waals surface area contributed by atoms with Gasteiger partial charge in [-0.3, -0.25) is 0 Å². The fraction of sp³-hybridized carbons (Fsp3) is 0.250. The smallest absolute Gasteiger partial charge is 0.00203 e. The second-order valence-electron chi connectivity index (χ2n) is 8.01. The van der Waals surface area contributed by atoms with Crippen LogP contribution in [0.25, 0.3) is 33.4 Å². The van der Waals surface area contributed by atoms with Crippen molar-refractivity contribution in [3.63, 3.8) is 0 Å². The van der Waals surface area contributed by atoms with Crippen molar-refractivity contribution in [2.24, 2.45) is 0 Å². The molecule has 0 bridgehead atoms. The summed E-state index contributed by atoms with van der Waals surface area (Å²) in [7, 11) is 0. The van der Waals surface area contributed by atoms with Gasteiger partial charge in [-0.05, 0) is 69.3 Å². The van der Waals surface area contributed by atoms with Gasteiger partial charge in [-0.25, -0.2) is 0 Å². The van der Waals surface area contributed by atoms with Gasteiger partial charge in [0.05, 0.1) is 0 Å². The second-order valence-corrected chi connectivity index (χ2v) is 8.01. The molecule has 24 heavy (non-hydrogen) atoms. The van der Waals surface area contributed by atoms with Gasteiger partial charge in [-0.1, -0.05) is 75.4 Å². The van der Waals surface area contributed by atoms with E-state index in [9.17, 15) is 0 Å². The highest BCUT2D eigenvalue weighted by Crippen LogP contribution is 2.52. The van der Waals surface area contributed by atoms with Gasteiger partial charge in [0.15, 0.2) is 0 Å². The third-order valence-electron chi connectivity index (χ3n) is 5.22. The van der Waals surface area contributed by atoms with Crippen LogP contribution < -0.4 is 0 Å². The maximum Gasteiger partial charge on any atom is -0.00203 e. The van der Waals surface area contributed by atoms with Gasteiger partial charge >= 0.3 is 0 Å². The van der Waals surface area contributed by atoms with Crippen LogP contribution in [0.3, 0.4) is 0 Å². The zero-order valence-corrected chi connectivity index (χ0v) is 15.2. The van der Waals surface area contributed by atoms with E-state index in [1.54, 1.807) is 0 Å². The van der Waals surface area contributed by atoms with E-state index in [-0.39, 0.29) is 5.41 Å². The molecular weight excluding hydrogens is 288 g/mol. The van der Waals surface area contributed by atoms with Crippen LogP contribution in [0, 0.1) is 13.8 Å². The van der Waals surface area contributed by atoms with Gasteiger partial charge in [0.1, 0.15) is 0 Å². The molecule has 0 saturated carbocycles. The maximum atomic E-state index is 2.38. The van der Waals surface area contributed by atoms with Crippen LogP contribution in [0.2, 0.25) is 0 Å². The van der Waals surface area contributed by atoms with Gasteiger partial charge in [-0.2, -0.15) is 0 Å². The third kappa shape index (κ3) is 2.13. The van der Waals surface area contributed by atoms with Crippen molar-refractivity contribution in [2.75, 3.05) is 0 Å². The summed E-state index contributed by atoms with van der Waals surface area (Å²) in [5.74, 6) is 0. The van der Waals surface area contributed by atoms with Crippen LogP contribution in [0.1, 0.15) is 37.5 Å². The van der Waals surface area contributed by atoms with E-state index < -0.39 is 0 Å². The molecular formula is C24H24. The first-order valence-electron chi connectivity index (χ1n) is 8.73. The molecule has 0 heterocycles. The van der Waals surface area contributed by atoms with Gasteiger partial charge in [0.2, 0.25) is 0 Å². The molecule has 0 saturated heterocycles. The van der Waals surface area contributed by atoms with Crippen LogP contribution in [0.4, 0.5) is 0 Å². The molecule has 0 aliphatic heterocycles. The average molecular weight is 312 g/mol. The molecule has 0 heteroatoms. The van der Waals surface area contributed by atoms with E-state index >= 15 is 0 Å². The van der Waals surface area contributed by atoms with Crippen molar-refractivity contribution in [3.05, 3.63) is 71.3 Å². The summed E-state index contributed by atoms with van der Waals surface area (Å²) in [6.07, 6.45) is 0. The Labute approximate surface area is 145 Å². The third-order valence-corrected chi connectivity index (χ3v) is 5.22. The molecule has 3 aromatic rings. The van der Waals surface area contributed by atoms with Gasteiger partial charge in [0.25, 0.3) is 0 Å². The van der Waals surface area contributed by atoms with Gasteiger partial charge in [0, 0.05) is 0 Å². The Morgan fingerprint density at radius 2 is 1.17 bits per heavy atom. The molecule has 0 fully saturated rings. The van der Waals surface area contributed by atoms with E-state index in [0.717, 1.165) is 0 Å². The average Bonchev–Trinajstić information content (AvgIpc) is 2.52. The van der Waals surface area contributed by atoms with E-state index in [4.69, 9.17) is 0 Å². The molecule has 0 unspecified atom stereocenters. The predicted octanol–water partition coefficient (Wildman–Crippen LogP) is 6.92. The quantitative estimate of drug-likeness (QED) is 0.358. The molecule has 120 valence electrons. The summed E-state index contributed by atoms with van der Waals surface area (Å²) >= 11 is 0. The Morgan fingerprint density at radius 3 is 1.83 bits per heavy atom. The van der Waals surface area contributed by atoms with E-state index in [1.165, 1.54) is 50.1 Å². The normalized spacial score (nSPS) is 12.4. The van der Waals surface area contributed by atoms with E-state index in [2.05, 4.69) is 89.2 Å². The van der Waals surface area contributed by atoms with Crippen LogP contribution in [-0.4, -0.2) is 0 Å². The Hall–Kier alpha value is -2.34. The first-order chi connectivity index (χ1) is 11.4. The monoisotopic (exact) mass is 312 g/mol. The van der Waals surface area contributed by atoms with E-state index in [1.807, 2.05) is 0 Å². The van der Waals surface area contributed by atoms with Crippen molar-refractivity contribution in [1.29, 1.82) is 0 Å². The minimum absolute atomic E-state index is 0.182. The summed E-state index contributed by atoms with van der Waals surface area (Å²) in [6.45, 7) is 11.4. The fourth-order valence-electron chi connectivity index (χ4n) is 4.08. The molecule has 0 amide bonds. The van der Waals surface area contributed by atoms with Crippen LogP contribution in [0.5, 0.6) is 0 Å². The van der Waals surface area contributed by atoms with Crippen LogP contribution in [-0.2, 0) is 5.41 Å². The minimum atomic E-state index is 0.182. The number of rotatable bonds is 1. The number of benzene rings is 3. The summed E-state index contributed by atoms with van der Waals surface area (Å²) in [4.78, 5) is 0. The van der Waals surface area contributed by atoms with Crippen molar-refractivity contribution in [2.45, 2.75) is 40.0 Å². The Bertz CT molecular complexity index is 952. The Balaban J connectivity index is 1.91. The van der Waals surface area contributed by atoms with Gasteiger partial charge in [-0.15, -0.1) is 0 Å². The molecule has 1 aliphatic rings. The molecule has 0 radical (unpaired) electrons. The highest BCUT2D eigenvalue weighted by Gasteiger charge is 2.26. The molecule has 4 rings (SSSR count). The number of hydrogen-bond acceptors (Lipinski definition) is 0. The lowest BCUT2D eigenvalue weighted by Crippen LogP contribution is -2.13. The molecule has 0 spiro atoms. The fourth-order valence-corrected chi connectivity index (χ4v) is 4.08. The lowest BCUT2D eigenvalue weighted by molar-refractivity contribution is 0.585.